The fraction of sp³-hybridized carbons (Fsp3) is 0.837. The molecule has 0 saturated carbocycles. The summed E-state index contributed by atoms with van der Waals surface area (Å²) in [5.41, 5.74) is 7.98. The van der Waals surface area contributed by atoms with Crippen LogP contribution in [0.5, 0.6) is 5.75 Å². The molecule has 268 valence electrons. The second-order valence-corrected chi connectivity index (χ2v) is 14.4. The zero-order valence-corrected chi connectivity index (χ0v) is 31.2. The smallest absolute Gasteiger partial charge is 0.409 e. The summed E-state index contributed by atoms with van der Waals surface area (Å²) in [4.78, 5) is 11.6. The first-order valence-corrected chi connectivity index (χ1v) is 20.8. The van der Waals surface area contributed by atoms with Gasteiger partial charge in [0.2, 0.25) is 0 Å². The van der Waals surface area contributed by atoms with Crippen LogP contribution in [-0.2, 0) is 12.8 Å². The summed E-state index contributed by atoms with van der Waals surface area (Å²) in [6, 6.07) is 6.18. The summed E-state index contributed by atoms with van der Waals surface area (Å²) in [6.45, 7) is 4.59. The van der Waals surface area contributed by atoms with Gasteiger partial charge in [-0.05, 0) is 42.9 Å². The third kappa shape index (κ3) is 26.5. The molecule has 0 saturated heterocycles. The number of carbonyl (C=O) groups excluding carboxylic acids is 1. The monoisotopic (exact) mass is 642 g/mol. The molecule has 46 heavy (non-hydrogen) atoms. The van der Waals surface area contributed by atoms with Crippen LogP contribution in [0.1, 0.15) is 230 Å². The molecular formula is C43H79NO2. The number of primary amides is 1. The second-order valence-electron chi connectivity index (χ2n) is 14.4. The van der Waals surface area contributed by atoms with Gasteiger partial charge in [0, 0.05) is 0 Å². The molecule has 0 aliphatic carbocycles. The lowest BCUT2D eigenvalue weighted by Crippen LogP contribution is -2.17. The molecule has 0 unspecified atom stereocenters. The molecule has 0 spiro atoms. The summed E-state index contributed by atoms with van der Waals surface area (Å²) in [7, 11) is 0. The van der Waals surface area contributed by atoms with E-state index in [-0.39, 0.29) is 0 Å². The summed E-state index contributed by atoms with van der Waals surface area (Å²) >= 11 is 0. The highest BCUT2D eigenvalue weighted by Crippen LogP contribution is 2.27. The molecule has 0 fully saturated rings. The van der Waals surface area contributed by atoms with Gasteiger partial charge in [-0.25, -0.2) is 4.79 Å². The second kappa shape index (κ2) is 33.4. The van der Waals surface area contributed by atoms with Crippen LogP contribution in [0.2, 0.25) is 0 Å². The summed E-state index contributed by atoms with van der Waals surface area (Å²) in [5, 5.41) is 0. The maximum Gasteiger partial charge on any atom is 0.409 e. The van der Waals surface area contributed by atoms with Gasteiger partial charge in [0.25, 0.3) is 0 Å². The molecule has 1 aromatic carbocycles. The Kier molecular flexibility index (Phi) is 30.9. The molecule has 1 aromatic rings. The van der Waals surface area contributed by atoms with Crippen molar-refractivity contribution in [3.8, 4) is 5.75 Å². The van der Waals surface area contributed by atoms with Crippen molar-refractivity contribution in [1.82, 2.24) is 0 Å². The topological polar surface area (TPSA) is 52.3 Å². The number of rotatable bonds is 35. The van der Waals surface area contributed by atoms with E-state index in [9.17, 15) is 4.79 Å². The molecule has 0 heterocycles. The van der Waals surface area contributed by atoms with Gasteiger partial charge in [0.05, 0.1) is 0 Å². The van der Waals surface area contributed by atoms with Gasteiger partial charge < -0.3 is 10.5 Å². The number of benzene rings is 1. The molecule has 0 aromatic heterocycles. The summed E-state index contributed by atoms with van der Waals surface area (Å²) < 4.78 is 5.44. The lowest BCUT2D eigenvalue weighted by Gasteiger charge is -2.14. The Morgan fingerprint density at radius 3 is 1.09 bits per heavy atom. The van der Waals surface area contributed by atoms with E-state index < -0.39 is 6.09 Å². The van der Waals surface area contributed by atoms with E-state index >= 15 is 0 Å². The number of hydrogen-bond donors (Lipinski definition) is 1. The fourth-order valence-corrected chi connectivity index (χ4v) is 7.05. The first-order chi connectivity index (χ1) is 22.7. The van der Waals surface area contributed by atoms with Gasteiger partial charge >= 0.3 is 6.09 Å². The van der Waals surface area contributed by atoms with Crippen molar-refractivity contribution in [3.63, 3.8) is 0 Å². The maximum absolute atomic E-state index is 11.6. The van der Waals surface area contributed by atoms with Crippen molar-refractivity contribution >= 4 is 6.09 Å². The summed E-state index contributed by atoms with van der Waals surface area (Å²) in [6.07, 6.45) is 45.7. The number of carbonyl (C=O) groups is 1. The Morgan fingerprint density at radius 2 is 0.761 bits per heavy atom. The number of aryl methyl sites for hydroxylation is 1. The highest BCUT2D eigenvalue weighted by atomic mass is 16.5. The molecule has 0 aliphatic heterocycles. The van der Waals surface area contributed by atoms with Crippen molar-refractivity contribution in [3.05, 3.63) is 29.3 Å². The molecule has 0 atom stereocenters. The SMILES string of the molecule is CCCCCCCCCCCCCCCCCCc1cccc(OC(N)=O)c1CCCCCCCCCCCCCCCCCC. The molecule has 0 radical (unpaired) electrons. The van der Waals surface area contributed by atoms with Crippen LogP contribution in [0.3, 0.4) is 0 Å². The van der Waals surface area contributed by atoms with Crippen LogP contribution < -0.4 is 10.5 Å². The fourth-order valence-electron chi connectivity index (χ4n) is 7.05. The van der Waals surface area contributed by atoms with Crippen molar-refractivity contribution < 1.29 is 9.53 Å². The average Bonchev–Trinajstić information content (AvgIpc) is 3.05. The minimum absolute atomic E-state index is 0.683. The molecular weight excluding hydrogens is 562 g/mol. The first-order valence-electron chi connectivity index (χ1n) is 20.8. The lowest BCUT2D eigenvalue weighted by atomic mass is 9.95. The van der Waals surface area contributed by atoms with Gasteiger partial charge in [0.15, 0.2) is 0 Å². The number of hydrogen-bond acceptors (Lipinski definition) is 2. The van der Waals surface area contributed by atoms with Crippen LogP contribution in [0, 0.1) is 0 Å². The van der Waals surface area contributed by atoms with Crippen molar-refractivity contribution in [2.45, 2.75) is 232 Å². The Morgan fingerprint density at radius 1 is 0.457 bits per heavy atom. The third-order valence-corrected chi connectivity index (χ3v) is 10.0. The van der Waals surface area contributed by atoms with Gasteiger partial charge in [-0.3, -0.25) is 0 Å². The predicted molar refractivity (Wildman–Crippen MR) is 203 cm³/mol. The van der Waals surface area contributed by atoms with E-state index in [1.165, 1.54) is 210 Å². The van der Waals surface area contributed by atoms with Crippen molar-refractivity contribution in [1.29, 1.82) is 0 Å². The Labute approximate surface area is 288 Å². The number of unbranched alkanes of at least 4 members (excludes halogenated alkanes) is 30. The molecule has 1 amide bonds. The van der Waals surface area contributed by atoms with Crippen LogP contribution in [0.25, 0.3) is 0 Å². The highest BCUT2D eigenvalue weighted by molar-refractivity contribution is 5.68. The lowest BCUT2D eigenvalue weighted by molar-refractivity contribution is 0.210. The summed E-state index contributed by atoms with van der Waals surface area (Å²) in [5.74, 6) is 0.683. The normalized spacial score (nSPS) is 11.3. The van der Waals surface area contributed by atoms with Gasteiger partial charge in [-0.2, -0.15) is 0 Å². The average molecular weight is 642 g/mol. The van der Waals surface area contributed by atoms with E-state index in [1.54, 1.807) is 0 Å². The molecule has 1 rings (SSSR count). The van der Waals surface area contributed by atoms with Gasteiger partial charge in [-0.1, -0.05) is 219 Å². The van der Waals surface area contributed by atoms with E-state index in [2.05, 4.69) is 19.9 Å². The highest BCUT2D eigenvalue weighted by Gasteiger charge is 2.12. The zero-order chi connectivity index (χ0) is 33.2. The molecule has 2 N–H and O–H groups in total. The van der Waals surface area contributed by atoms with E-state index in [0.29, 0.717) is 5.75 Å². The Balaban J connectivity index is 2.12. The molecule has 3 nitrogen and oxygen atoms in total. The number of amides is 1. The van der Waals surface area contributed by atoms with Crippen LogP contribution in [0.4, 0.5) is 4.79 Å². The van der Waals surface area contributed by atoms with Crippen LogP contribution in [0.15, 0.2) is 18.2 Å². The minimum atomic E-state index is -0.701. The van der Waals surface area contributed by atoms with E-state index in [0.717, 1.165) is 19.3 Å². The minimum Gasteiger partial charge on any atom is -0.410 e. The van der Waals surface area contributed by atoms with Crippen LogP contribution >= 0.6 is 0 Å². The van der Waals surface area contributed by atoms with E-state index in [1.807, 2.05) is 12.1 Å². The van der Waals surface area contributed by atoms with E-state index in [4.69, 9.17) is 10.5 Å². The Hall–Kier alpha value is -1.51. The Bertz CT molecular complexity index is 791. The van der Waals surface area contributed by atoms with Crippen LogP contribution in [-0.4, -0.2) is 6.09 Å². The zero-order valence-electron chi connectivity index (χ0n) is 31.2. The van der Waals surface area contributed by atoms with Gasteiger partial charge in [0.1, 0.15) is 5.75 Å². The molecule has 3 heteroatoms. The standard InChI is InChI=1S/C43H79NO2/c1-3-5-7-9-11-13-15-17-19-21-23-25-27-29-31-33-36-40-37-35-39-42(46-43(44)45)41(40)38-34-32-30-28-26-24-22-20-18-16-14-12-10-8-6-4-2/h35,37,39H,3-34,36,38H2,1-2H3,(H2,44,45). The first kappa shape index (κ1) is 42.5. The van der Waals surface area contributed by atoms with Gasteiger partial charge in [-0.15, -0.1) is 0 Å². The quantitative estimate of drug-likeness (QED) is 0.0750. The predicted octanol–water partition coefficient (Wildman–Crippen LogP) is 14.8. The third-order valence-electron chi connectivity index (χ3n) is 10.0. The van der Waals surface area contributed by atoms with Crippen molar-refractivity contribution in [2.24, 2.45) is 5.73 Å². The number of ether oxygens (including phenoxy) is 1. The largest absolute Gasteiger partial charge is 0.410 e. The molecule has 0 bridgehead atoms. The number of nitrogens with two attached hydrogens (primary N) is 1. The maximum atomic E-state index is 11.6. The molecule has 0 aliphatic rings. The van der Waals surface area contributed by atoms with Crippen molar-refractivity contribution in [2.75, 3.05) is 0 Å².